The molecular formula is C22H23ClN4O2. The Bertz CT molecular complexity index is 998. The number of anilines is 1. The minimum atomic E-state index is -0.159. The van der Waals surface area contributed by atoms with Gasteiger partial charge < -0.3 is 4.74 Å². The number of amides is 1. The van der Waals surface area contributed by atoms with Crippen LogP contribution in [0.25, 0.3) is 0 Å². The lowest BCUT2D eigenvalue weighted by molar-refractivity contribution is -0.122. The number of carbonyl (C=O) groups excluding carboxylic acids is 1. The number of methoxy groups -OCH3 is 1. The van der Waals surface area contributed by atoms with Gasteiger partial charge in [0.1, 0.15) is 12.1 Å². The predicted molar refractivity (Wildman–Crippen MR) is 112 cm³/mol. The largest absolute Gasteiger partial charge is 0.497 e. The summed E-state index contributed by atoms with van der Waals surface area (Å²) >= 11 is 6.08. The van der Waals surface area contributed by atoms with Gasteiger partial charge in [-0.25, -0.2) is 4.68 Å². The molecule has 150 valence electrons. The van der Waals surface area contributed by atoms with Crippen LogP contribution in [0.15, 0.2) is 54.9 Å². The summed E-state index contributed by atoms with van der Waals surface area (Å²) in [6, 6.07) is 15.4. The lowest BCUT2D eigenvalue weighted by atomic mass is 9.91. The molecule has 0 aliphatic carbocycles. The van der Waals surface area contributed by atoms with Crippen molar-refractivity contribution in [2.24, 2.45) is 5.92 Å². The first-order chi connectivity index (χ1) is 14.0. The average Bonchev–Trinajstić information content (AvgIpc) is 3.22. The van der Waals surface area contributed by atoms with Crippen molar-refractivity contribution in [3.8, 4) is 5.75 Å². The highest BCUT2D eigenvalue weighted by molar-refractivity contribution is 6.30. The molecule has 0 spiro atoms. The van der Waals surface area contributed by atoms with Gasteiger partial charge in [-0.2, -0.15) is 10.1 Å². The van der Waals surface area contributed by atoms with Gasteiger partial charge in [-0.3, -0.25) is 9.69 Å². The molecule has 0 saturated heterocycles. The zero-order valence-electron chi connectivity index (χ0n) is 16.6. The van der Waals surface area contributed by atoms with E-state index in [2.05, 4.69) is 10.1 Å². The van der Waals surface area contributed by atoms with Crippen molar-refractivity contribution in [1.82, 2.24) is 14.8 Å². The monoisotopic (exact) mass is 410 g/mol. The molecule has 0 fully saturated rings. The smallest absolute Gasteiger partial charge is 0.232 e. The molecule has 3 aromatic rings. The van der Waals surface area contributed by atoms with E-state index in [-0.39, 0.29) is 23.9 Å². The van der Waals surface area contributed by atoms with Gasteiger partial charge in [0.05, 0.1) is 19.2 Å². The van der Waals surface area contributed by atoms with Crippen LogP contribution in [-0.4, -0.2) is 27.8 Å². The van der Waals surface area contributed by atoms with Gasteiger partial charge in [0.25, 0.3) is 0 Å². The Morgan fingerprint density at radius 3 is 2.31 bits per heavy atom. The summed E-state index contributed by atoms with van der Waals surface area (Å²) in [4.78, 5) is 19.4. The normalized spacial score (nSPS) is 18.6. The van der Waals surface area contributed by atoms with Crippen LogP contribution in [0.1, 0.15) is 43.5 Å². The maximum Gasteiger partial charge on any atom is 0.232 e. The summed E-state index contributed by atoms with van der Waals surface area (Å²) in [5, 5.41) is 5.13. The topological polar surface area (TPSA) is 60.2 Å². The van der Waals surface area contributed by atoms with E-state index in [1.165, 1.54) is 6.33 Å². The van der Waals surface area contributed by atoms with Gasteiger partial charge in [0, 0.05) is 10.9 Å². The van der Waals surface area contributed by atoms with Crippen LogP contribution in [0.2, 0.25) is 5.02 Å². The lowest BCUT2D eigenvalue weighted by Crippen LogP contribution is -2.44. The SMILES string of the molecule is COc1ccc([C@@H]2C[C@H](c3ccc(Cl)cc3)n3ncnc3N2C(=O)C(C)C)cc1. The van der Waals surface area contributed by atoms with Crippen LogP contribution < -0.4 is 9.64 Å². The summed E-state index contributed by atoms with van der Waals surface area (Å²) in [6.07, 6.45) is 2.19. The molecule has 0 radical (unpaired) electrons. The van der Waals surface area contributed by atoms with Crippen molar-refractivity contribution in [3.63, 3.8) is 0 Å². The van der Waals surface area contributed by atoms with Crippen molar-refractivity contribution in [2.75, 3.05) is 12.0 Å². The molecule has 29 heavy (non-hydrogen) atoms. The van der Waals surface area contributed by atoms with Crippen LogP contribution in [0.4, 0.5) is 5.95 Å². The molecule has 1 aromatic heterocycles. The number of halogens is 1. The minimum absolute atomic E-state index is 0.0228. The van der Waals surface area contributed by atoms with E-state index >= 15 is 0 Å². The molecule has 1 amide bonds. The summed E-state index contributed by atoms with van der Waals surface area (Å²) in [6.45, 7) is 3.80. The van der Waals surface area contributed by atoms with Gasteiger partial charge >= 0.3 is 0 Å². The van der Waals surface area contributed by atoms with Crippen molar-refractivity contribution in [1.29, 1.82) is 0 Å². The number of hydrogen-bond donors (Lipinski definition) is 0. The molecule has 6 nitrogen and oxygen atoms in total. The number of carbonyl (C=O) groups is 1. The van der Waals surface area contributed by atoms with Crippen LogP contribution in [0.3, 0.4) is 0 Å². The third-order valence-corrected chi connectivity index (χ3v) is 5.56. The molecule has 7 heteroatoms. The average molecular weight is 411 g/mol. The minimum Gasteiger partial charge on any atom is -0.497 e. The van der Waals surface area contributed by atoms with E-state index in [1.807, 2.05) is 67.1 Å². The predicted octanol–water partition coefficient (Wildman–Crippen LogP) is 4.66. The Morgan fingerprint density at radius 2 is 1.69 bits per heavy atom. The molecule has 0 unspecified atom stereocenters. The Hall–Kier alpha value is -2.86. The Morgan fingerprint density at radius 1 is 1.07 bits per heavy atom. The van der Waals surface area contributed by atoms with Crippen LogP contribution >= 0.6 is 11.6 Å². The van der Waals surface area contributed by atoms with Gasteiger partial charge in [-0.1, -0.05) is 49.7 Å². The number of nitrogens with zero attached hydrogens (tertiary/aromatic N) is 4. The van der Waals surface area contributed by atoms with Gasteiger partial charge in [-0.15, -0.1) is 0 Å². The molecule has 0 bridgehead atoms. The number of aromatic nitrogens is 3. The van der Waals surface area contributed by atoms with Gasteiger partial charge in [-0.05, 0) is 41.8 Å². The second kappa shape index (κ2) is 7.87. The maximum atomic E-state index is 13.2. The fraction of sp³-hybridized carbons (Fsp3) is 0.318. The van der Waals surface area contributed by atoms with E-state index in [1.54, 1.807) is 12.0 Å². The first kappa shape index (κ1) is 19.5. The Balaban J connectivity index is 1.82. The van der Waals surface area contributed by atoms with Crippen LogP contribution in [0, 0.1) is 5.92 Å². The first-order valence-corrected chi connectivity index (χ1v) is 9.99. The molecule has 2 heterocycles. The van der Waals surface area contributed by atoms with Crippen molar-refractivity contribution >= 4 is 23.5 Å². The molecule has 0 saturated carbocycles. The number of benzene rings is 2. The highest BCUT2D eigenvalue weighted by Gasteiger charge is 2.39. The molecular weight excluding hydrogens is 388 g/mol. The van der Waals surface area contributed by atoms with E-state index in [0.29, 0.717) is 17.4 Å². The molecule has 1 aliphatic rings. The van der Waals surface area contributed by atoms with Gasteiger partial charge in [0.2, 0.25) is 11.9 Å². The Labute approximate surface area is 175 Å². The number of ether oxygens (including phenoxy) is 1. The number of fused-ring (bicyclic) bond motifs is 1. The lowest BCUT2D eigenvalue weighted by Gasteiger charge is -2.40. The van der Waals surface area contributed by atoms with E-state index in [0.717, 1.165) is 16.9 Å². The van der Waals surface area contributed by atoms with Crippen molar-refractivity contribution in [2.45, 2.75) is 32.4 Å². The third-order valence-electron chi connectivity index (χ3n) is 5.31. The zero-order valence-corrected chi connectivity index (χ0v) is 17.4. The number of hydrogen-bond acceptors (Lipinski definition) is 4. The van der Waals surface area contributed by atoms with E-state index in [4.69, 9.17) is 16.3 Å². The Kier molecular flexibility index (Phi) is 5.28. The van der Waals surface area contributed by atoms with Crippen molar-refractivity contribution < 1.29 is 9.53 Å². The fourth-order valence-electron chi connectivity index (χ4n) is 3.80. The quantitative estimate of drug-likeness (QED) is 0.627. The van der Waals surface area contributed by atoms with E-state index < -0.39 is 0 Å². The zero-order chi connectivity index (χ0) is 20.5. The molecule has 0 N–H and O–H groups in total. The maximum absolute atomic E-state index is 13.2. The fourth-order valence-corrected chi connectivity index (χ4v) is 3.92. The van der Waals surface area contributed by atoms with Crippen LogP contribution in [0.5, 0.6) is 5.75 Å². The molecule has 1 aliphatic heterocycles. The van der Waals surface area contributed by atoms with Gasteiger partial charge in [0.15, 0.2) is 0 Å². The second-order valence-corrected chi connectivity index (χ2v) is 7.90. The summed E-state index contributed by atoms with van der Waals surface area (Å²) in [5.41, 5.74) is 2.12. The highest BCUT2D eigenvalue weighted by atomic mass is 35.5. The van der Waals surface area contributed by atoms with Crippen molar-refractivity contribution in [3.05, 3.63) is 71.0 Å². The second-order valence-electron chi connectivity index (χ2n) is 7.46. The molecule has 2 aromatic carbocycles. The van der Waals surface area contributed by atoms with Crippen LogP contribution in [-0.2, 0) is 4.79 Å². The summed E-state index contributed by atoms with van der Waals surface area (Å²) in [7, 11) is 1.64. The molecule has 2 atom stereocenters. The number of rotatable bonds is 4. The molecule has 4 rings (SSSR count). The standard InChI is InChI=1S/C22H23ClN4O2/c1-14(2)21(28)26-19(15-6-10-18(29-3)11-7-15)12-20(27-22(26)24-13-25-27)16-4-8-17(23)9-5-16/h4-11,13-14,19-20H,12H2,1-3H3/t19-,20+/m0/s1. The first-order valence-electron chi connectivity index (χ1n) is 9.61. The highest BCUT2D eigenvalue weighted by Crippen LogP contribution is 2.42. The van der Waals surface area contributed by atoms with E-state index in [9.17, 15) is 4.79 Å². The summed E-state index contributed by atoms with van der Waals surface area (Å²) in [5.74, 6) is 1.21. The summed E-state index contributed by atoms with van der Waals surface area (Å²) < 4.78 is 7.13. The third kappa shape index (κ3) is 3.60.